The first-order chi connectivity index (χ1) is 6.60. The predicted molar refractivity (Wildman–Crippen MR) is 54.4 cm³/mol. The lowest BCUT2D eigenvalue weighted by Gasteiger charge is -2.21. The first-order valence-electron chi connectivity index (χ1n) is 4.89. The standard InChI is InChI=1S/C8H18N2O3S/c1-2-13-8(6-9)7-10-4-3-5-14(10,11)12/h8H,2-7,9H2,1H3. The van der Waals surface area contributed by atoms with E-state index in [4.69, 9.17) is 10.5 Å². The molecular formula is C8H18N2O3S. The Hall–Kier alpha value is -0.170. The maximum atomic E-state index is 11.4. The van der Waals surface area contributed by atoms with Gasteiger partial charge in [-0.1, -0.05) is 0 Å². The van der Waals surface area contributed by atoms with Crippen molar-refractivity contribution >= 4 is 10.0 Å². The van der Waals surface area contributed by atoms with E-state index >= 15 is 0 Å². The van der Waals surface area contributed by atoms with Crippen LogP contribution in [-0.4, -0.2) is 50.8 Å². The molecule has 5 nitrogen and oxygen atoms in total. The van der Waals surface area contributed by atoms with Gasteiger partial charge in [0.25, 0.3) is 0 Å². The summed E-state index contributed by atoms with van der Waals surface area (Å²) in [4.78, 5) is 0. The lowest BCUT2D eigenvalue weighted by atomic mass is 10.3. The fourth-order valence-corrected chi connectivity index (χ4v) is 3.11. The highest BCUT2D eigenvalue weighted by Crippen LogP contribution is 2.13. The Morgan fingerprint density at radius 1 is 1.57 bits per heavy atom. The smallest absolute Gasteiger partial charge is 0.214 e. The minimum atomic E-state index is -3.01. The third-order valence-corrected chi connectivity index (χ3v) is 4.20. The van der Waals surface area contributed by atoms with Crippen molar-refractivity contribution in [1.29, 1.82) is 0 Å². The van der Waals surface area contributed by atoms with Crippen molar-refractivity contribution in [3.05, 3.63) is 0 Å². The van der Waals surface area contributed by atoms with Crippen molar-refractivity contribution in [2.45, 2.75) is 19.4 Å². The highest BCUT2D eigenvalue weighted by molar-refractivity contribution is 7.89. The van der Waals surface area contributed by atoms with Crippen LogP contribution in [0.2, 0.25) is 0 Å². The molecule has 0 radical (unpaired) electrons. The highest BCUT2D eigenvalue weighted by Gasteiger charge is 2.29. The number of hydrogen-bond donors (Lipinski definition) is 1. The molecule has 0 aromatic heterocycles. The minimum Gasteiger partial charge on any atom is -0.376 e. The molecule has 1 saturated heterocycles. The van der Waals surface area contributed by atoms with Crippen molar-refractivity contribution in [3.8, 4) is 0 Å². The zero-order valence-electron chi connectivity index (χ0n) is 8.48. The zero-order valence-corrected chi connectivity index (χ0v) is 9.29. The van der Waals surface area contributed by atoms with E-state index < -0.39 is 10.0 Å². The second kappa shape index (κ2) is 5.06. The van der Waals surface area contributed by atoms with Crippen molar-refractivity contribution in [2.75, 3.05) is 32.0 Å². The van der Waals surface area contributed by atoms with Crippen LogP contribution in [0.3, 0.4) is 0 Å². The normalized spacial score (nSPS) is 23.9. The number of ether oxygens (including phenoxy) is 1. The predicted octanol–water partition coefficient (Wildman–Crippen LogP) is -0.614. The maximum absolute atomic E-state index is 11.4. The molecule has 0 amide bonds. The lowest BCUT2D eigenvalue weighted by Crippen LogP contribution is -2.39. The molecule has 14 heavy (non-hydrogen) atoms. The molecule has 2 N–H and O–H groups in total. The molecule has 1 fully saturated rings. The van der Waals surface area contributed by atoms with E-state index in [1.165, 1.54) is 4.31 Å². The molecule has 0 bridgehead atoms. The summed E-state index contributed by atoms with van der Waals surface area (Å²) >= 11 is 0. The molecule has 0 aliphatic carbocycles. The second-order valence-electron chi connectivity index (χ2n) is 3.34. The monoisotopic (exact) mass is 222 g/mol. The van der Waals surface area contributed by atoms with Crippen LogP contribution in [0.15, 0.2) is 0 Å². The van der Waals surface area contributed by atoms with Gasteiger partial charge in [0.05, 0.1) is 11.9 Å². The van der Waals surface area contributed by atoms with Crippen LogP contribution in [0.1, 0.15) is 13.3 Å². The molecule has 6 heteroatoms. The van der Waals surface area contributed by atoms with Crippen LogP contribution in [0.4, 0.5) is 0 Å². The number of nitrogens with zero attached hydrogens (tertiary/aromatic N) is 1. The molecule has 0 aromatic carbocycles. The molecule has 1 aliphatic rings. The molecule has 1 atom stereocenters. The summed E-state index contributed by atoms with van der Waals surface area (Å²) in [6, 6.07) is 0. The van der Waals surface area contributed by atoms with E-state index in [2.05, 4.69) is 0 Å². The number of rotatable bonds is 5. The first-order valence-corrected chi connectivity index (χ1v) is 6.50. The van der Waals surface area contributed by atoms with Gasteiger partial charge in [0.2, 0.25) is 10.0 Å². The highest BCUT2D eigenvalue weighted by atomic mass is 32.2. The second-order valence-corrected chi connectivity index (χ2v) is 5.43. The van der Waals surface area contributed by atoms with Gasteiger partial charge in [-0.15, -0.1) is 0 Å². The third-order valence-electron chi connectivity index (χ3n) is 2.28. The van der Waals surface area contributed by atoms with Gasteiger partial charge in [-0.3, -0.25) is 0 Å². The summed E-state index contributed by atoms with van der Waals surface area (Å²) in [6.45, 7) is 3.80. The van der Waals surface area contributed by atoms with Crippen LogP contribution >= 0.6 is 0 Å². The number of sulfonamides is 1. The molecule has 0 saturated carbocycles. The summed E-state index contributed by atoms with van der Waals surface area (Å²) in [7, 11) is -3.01. The SMILES string of the molecule is CCOC(CN)CN1CCCS1(=O)=O. The number of nitrogens with two attached hydrogens (primary N) is 1. The van der Waals surface area contributed by atoms with Crippen LogP contribution in [-0.2, 0) is 14.8 Å². The molecule has 1 heterocycles. The number of hydrogen-bond acceptors (Lipinski definition) is 4. The fraction of sp³-hybridized carbons (Fsp3) is 1.00. The van der Waals surface area contributed by atoms with Crippen LogP contribution < -0.4 is 5.73 Å². The Bertz CT molecular complexity index is 266. The Labute approximate surface area is 85.3 Å². The van der Waals surface area contributed by atoms with Gasteiger partial charge in [-0.2, -0.15) is 4.31 Å². The minimum absolute atomic E-state index is 0.173. The van der Waals surface area contributed by atoms with E-state index in [-0.39, 0.29) is 11.9 Å². The van der Waals surface area contributed by atoms with Crippen molar-refractivity contribution in [3.63, 3.8) is 0 Å². The van der Waals surface area contributed by atoms with Crippen LogP contribution in [0.25, 0.3) is 0 Å². The van der Waals surface area contributed by atoms with Crippen molar-refractivity contribution in [1.82, 2.24) is 4.31 Å². The van der Waals surface area contributed by atoms with Crippen molar-refractivity contribution in [2.24, 2.45) is 5.73 Å². The Morgan fingerprint density at radius 2 is 2.29 bits per heavy atom. The average molecular weight is 222 g/mol. The first kappa shape index (κ1) is 11.9. The molecule has 84 valence electrons. The van der Waals surface area contributed by atoms with E-state index in [0.717, 1.165) is 0 Å². The van der Waals surface area contributed by atoms with Gasteiger partial charge >= 0.3 is 0 Å². The van der Waals surface area contributed by atoms with Gasteiger partial charge in [0, 0.05) is 26.2 Å². The fourth-order valence-electron chi connectivity index (χ4n) is 1.55. The molecule has 1 aliphatic heterocycles. The average Bonchev–Trinajstić information content (AvgIpc) is 2.45. The molecule has 1 rings (SSSR count). The summed E-state index contributed by atoms with van der Waals surface area (Å²) in [5.41, 5.74) is 5.48. The summed E-state index contributed by atoms with van der Waals surface area (Å²) in [5, 5.41) is 0. The van der Waals surface area contributed by atoms with E-state index in [0.29, 0.717) is 32.7 Å². The Balaban J connectivity index is 2.50. The Kier molecular flexibility index (Phi) is 4.31. The maximum Gasteiger partial charge on any atom is 0.214 e. The third kappa shape index (κ3) is 2.91. The van der Waals surface area contributed by atoms with Crippen LogP contribution in [0, 0.1) is 0 Å². The van der Waals surface area contributed by atoms with E-state index in [1.807, 2.05) is 6.92 Å². The molecule has 0 aromatic rings. The van der Waals surface area contributed by atoms with E-state index in [1.54, 1.807) is 0 Å². The Morgan fingerprint density at radius 3 is 2.71 bits per heavy atom. The topological polar surface area (TPSA) is 72.6 Å². The van der Waals surface area contributed by atoms with E-state index in [9.17, 15) is 8.42 Å². The molecular weight excluding hydrogens is 204 g/mol. The van der Waals surface area contributed by atoms with Crippen LogP contribution in [0.5, 0.6) is 0 Å². The van der Waals surface area contributed by atoms with Gasteiger partial charge in [-0.25, -0.2) is 8.42 Å². The largest absolute Gasteiger partial charge is 0.376 e. The van der Waals surface area contributed by atoms with Gasteiger partial charge in [-0.05, 0) is 13.3 Å². The van der Waals surface area contributed by atoms with Gasteiger partial charge in [0.1, 0.15) is 0 Å². The quantitative estimate of drug-likeness (QED) is 0.673. The van der Waals surface area contributed by atoms with Gasteiger partial charge < -0.3 is 10.5 Å². The lowest BCUT2D eigenvalue weighted by molar-refractivity contribution is 0.0566. The summed E-state index contributed by atoms with van der Waals surface area (Å²) < 4.78 is 29.7. The summed E-state index contributed by atoms with van der Waals surface area (Å²) in [5.74, 6) is 0.260. The van der Waals surface area contributed by atoms with Gasteiger partial charge in [0.15, 0.2) is 0 Å². The molecule has 1 unspecified atom stereocenters. The van der Waals surface area contributed by atoms with Crippen molar-refractivity contribution < 1.29 is 13.2 Å². The molecule has 0 spiro atoms. The zero-order chi connectivity index (χ0) is 10.6. The summed E-state index contributed by atoms with van der Waals surface area (Å²) in [6.07, 6.45) is 0.541.